The van der Waals surface area contributed by atoms with Gasteiger partial charge in [0, 0.05) is 6.54 Å². The number of benzene rings is 1. The number of hydrogen-bond donors (Lipinski definition) is 1. The molecule has 2 rings (SSSR count). The molecule has 1 aromatic carbocycles. The summed E-state index contributed by atoms with van der Waals surface area (Å²) >= 11 is 0. The monoisotopic (exact) mass is 272 g/mol. The van der Waals surface area contributed by atoms with Gasteiger partial charge in [-0.25, -0.2) is 0 Å². The third-order valence-electron chi connectivity index (χ3n) is 3.39. The Morgan fingerprint density at radius 2 is 1.80 bits per heavy atom. The lowest BCUT2D eigenvalue weighted by molar-refractivity contribution is 0.282. The molecule has 0 unspecified atom stereocenters. The fraction of sp³-hybridized carbons (Fsp3) is 0.412. The molecule has 0 amide bonds. The van der Waals surface area contributed by atoms with E-state index in [0.29, 0.717) is 0 Å². The molecular weight excluding hydrogens is 248 g/mol. The van der Waals surface area contributed by atoms with Gasteiger partial charge in [0.25, 0.3) is 0 Å². The zero-order chi connectivity index (χ0) is 14.4. The van der Waals surface area contributed by atoms with E-state index in [4.69, 9.17) is 4.42 Å². The summed E-state index contributed by atoms with van der Waals surface area (Å²) in [5.74, 6) is 2.03. The maximum Gasteiger partial charge on any atom is 0.118 e. The molecule has 3 heteroatoms. The molecule has 3 nitrogen and oxygen atoms in total. The largest absolute Gasteiger partial charge is 0.463 e. The molecule has 0 atom stereocenters. The minimum absolute atomic E-state index is 0.804. The van der Waals surface area contributed by atoms with Crippen molar-refractivity contribution in [2.45, 2.75) is 33.5 Å². The molecule has 0 bridgehead atoms. The van der Waals surface area contributed by atoms with Crippen molar-refractivity contribution in [1.29, 1.82) is 0 Å². The van der Waals surface area contributed by atoms with Gasteiger partial charge in [-0.3, -0.25) is 4.90 Å². The quantitative estimate of drug-likeness (QED) is 0.838. The van der Waals surface area contributed by atoms with Crippen LogP contribution in [0.1, 0.15) is 29.6 Å². The van der Waals surface area contributed by atoms with Gasteiger partial charge in [-0.1, -0.05) is 31.2 Å². The molecule has 108 valence electrons. The second-order valence-corrected chi connectivity index (χ2v) is 5.25. The average Bonchev–Trinajstić information content (AvgIpc) is 2.86. The topological polar surface area (TPSA) is 28.4 Å². The smallest absolute Gasteiger partial charge is 0.118 e. The Morgan fingerprint density at radius 3 is 2.55 bits per heavy atom. The van der Waals surface area contributed by atoms with E-state index in [-0.39, 0.29) is 0 Å². The number of nitrogens with zero attached hydrogens (tertiary/aromatic N) is 1. The third-order valence-corrected chi connectivity index (χ3v) is 3.39. The van der Waals surface area contributed by atoms with E-state index >= 15 is 0 Å². The number of hydrogen-bond acceptors (Lipinski definition) is 3. The zero-order valence-electron chi connectivity index (χ0n) is 12.6. The van der Waals surface area contributed by atoms with Crippen LogP contribution in [0.2, 0.25) is 0 Å². The van der Waals surface area contributed by atoms with Crippen LogP contribution in [0.25, 0.3) is 0 Å². The highest BCUT2D eigenvalue weighted by atomic mass is 16.3. The standard InChI is InChI=1S/C17H24N2O/c1-4-18-11-16-9-10-17(20-16)13-19(3)12-15-8-6-5-7-14(15)2/h5-10,18H,4,11-13H2,1-3H3. The first-order chi connectivity index (χ1) is 9.69. The van der Waals surface area contributed by atoms with E-state index in [1.807, 2.05) is 0 Å². The molecule has 0 saturated carbocycles. The van der Waals surface area contributed by atoms with E-state index in [0.717, 1.165) is 37.7 Å². The van der Waals surface area contributed by atoms with Gasteiger partial charge < -0.3 is 9.73 Å². The fourth-order valence-electron chi connectivity index (χ4n) is 2.25. The summed E-state index contributed by atoms with van der Waals surface area (Å²) in [4.78, 5) is 2.28. The first-order valence-corrected chi connectivity index (χ1v) is 7.20. The Morgan fingerprint density at radius 1 is 1.05 bits per heavy atom. The Kier molecular flexibility index (Phi) is 5.39. The lowest BCUT2D eigenvalue weighted by Gasteiger charge is -2.16. The lowest BCUT2D eigenvalue weighted by Crippen LogP contribution is -2.17. The molecule has 0 aliphatic carbocycles. The summed E-state index contributed by atoms with van der Waals surface area (Å²) in [6, 6.07) is 12.6. The van der Waals surface area contributed by atoms with Crippen molar-refractivity contribution in [2.75, 3.05) is 13.6 Å². The first-order valence-electron chi connectivity index (χ1n) is 7.20. The van der Waals surface area contributed by atoms with E-state index in [2.05, 4.69) is 67.5 Å². The molecule has 1 N–H and O–H groups in total. The highest BCUT2D eigenvalue weighted by Crippen LogP contribution is 2.14. The van der Waals surface area contributed by atoms with Crippen LogP contribution in [0.4, 0.5) is 0 Å². The van der Waals surface area contributed by atoms with Crippen molar-refractivity contribution in [3.63, 3.8) is 0 Å². The molecule has 2 aromatic rings. The SMILES string of the molecule is CCNCc1ccc(CN(C)Cc2ccccc2C)o1. The summed E-state index contributed by atoms with van der Waals surface area (Å²) < 4.78 is 5.82. The van der Waals surface area contributed by atoms with Crippen LogP contribution in [0, 0.1) is 6.92 Å². The molecule has 0 radical (unpaired) electrons. The summed E-state index contributed by atoms with van der Waals surface area (Å²) in [5, 5.41) is 3.27. The van der Waals surface area contributed by atoms with Gasteiger partial charge in [0.2, 0.25) is 0 Å². The minimum atomic E-state index is 0.804. The van der Waals surface area contributed by atoms with Crippen molar-refractivity contribution in [3.05, 3.63) is 59.0 Å². The van der Waals surface area contributed by atoms with Crippen LogP contribution in [-0.4, -0.2) is 18.5 Å². The van der Waals surface area contributed by atoms with Crippen LogP contribution in [0.5, 0.6) is 0 Å². The maximum absolute atomic E-state index is 5.82. The molecular formula is C17H24N2O. The van der Waals surface area contributed by atoms with Crippen molar-refractivity contribution in [3.8, 4) is 0 Å². The van der Waals surface area contributed by atoms with Gasteiger partial charge >= 0.3 is 0 Å². The van der Waals surface area contributed by atoms with Gasteiger partial charge in [-0.2, -0.15) is 0 Å². The molecule has 0 spiro atoms. The highest BCUT2D eigenvalue weighted by Gasteiger charge is 2.07. The Labute approximate surface area is 121 Å². The van der Waals surface area contributed by atoms with Gasteiger partial charge in [0.15, 0.2) is 0 Å². The van der Waals surface area contributed by atoms with Crippen molar-refractivity contribution in [2.24, 2.45) is 0 Å². The highest BCUT2D eigenvalue weighted by molar-refractivity contribution is 5.25. The molecule has 0 aliphatic rings. The maximum atomic E-state index is 5.82. The normalized spacial score (nSPS) is 11.2. The van der Waals surface area contributed by atoms with Crippen molar-refractivity contribution < 1.29 is 4.42 Å². The summed E-state index contributed by atoms with van der Waals surface area (Å²) in [6.45, 7) is 7.79. The molecule has 1 aromatic heterocycles. The predicted molar refractivity (Wildman–Crippen MR) is 82.4 cm³/mol. The summed E-state index contributed by atoms with van der Waals surface area (Å²) in [7, 11) is 2.12. The van der Waals surface area contributed by atoms with Crippen molar-refractivity contribution >= 4 is 0 Å². The second-order valence-electron chi connectivity index (χ2n) is 5.25. The first kappa shape index (κ1) is 14.8. The van der Waals surface area contributed by atoms with Crippen LogP contribution in [-0.2, 0) is 19.6 Å². The average molecular weight is 272 g/mol. The van der Waals surface area contributed by atoms with E-state index in [1.165, 1.54) is 11.1 Å². The van der Waals surface area contributed by atoms with Gasteiger partial charge in [0.05, 0.1) is 13.1 Å². The van der Waals surface area contributed by atoms with E-state index < -0.39 is 0 Å². The summed E-state index contributed by atoms with van der Waals surface area (Å²) in [6.07, 6.45) is 0. The van der Waals surface area contributed by atoms with Crippen LogP contribution >= 0.6 is 0 Å². The van der Waals surface area contributed by atoms with E-state index in [9.17, 15) is 0 Å². The number of rotatable bonds is 7. The fourth-order valence-corrected chi connectivity index (χ4v) is 2.25. The van der Waals surface area contributed by atoms with Crippen molar-refractivity contribution in [1.82, 2.24) is 10.2 Å². The Bertz CT molecular complexity index is 533. The van der Waals surface area contributed by atoms with Gasteiger partial charge in [0.1, 0.15) is 11.5 Å². The zero-order valence-corrected chi connectivity index (χ0v) is 12.6. The van der Waals surface area contributed by atoms with Gasteiger partial charge in [-0.05, 0) is 43.8 Å². The van der Waals surface area contributed by atoms with E-state index in [1.54, 1.807) is 0 Å². The molecule has 1 heterocycles. The van der Waals surface area contributed by atoms with Crippen LogP contribution in [0.3, 0.4) is 0 Å². The lowest BCUT2D eigenvalue weighted by atomic mass is 10.1. The Hall–Kier alpha value is -1.58. The minimum Gasteiger partial charge on any atom is -0.463 e. The summed E-state index contributed by atoms with van der Waals surface area (Å²) in [5.41, 5.74) is 2.71. The molecule has 20 heavy (non-hydrogen) atoms. The number of nitrogens with one attached hydrogen (secondary N) is 1. The van der Waals surface area contributed by atoms with Crippen LogP contribution < -0.4 is 5.32 Å². The molecule has 0 saturated heterocycles. The molecule has 0 aliphatic heterocycles. The number of aryl methyl sites for hydroxylation is 1. The Balaban J connectivity index is 1.89. The number of furan rings is 1. The molecule has 0 fully saturated rings. The predicted octanol–water partition coefficient (Wildman–Crippen LogP) is 3.33. The van der Waals surface area contributed by atoms with Gasteiger partial charge in [-0.15, -0.1) is 0 Å². The van der Waals surface area contributed by atoms with Crippen LogP contribution in [0.15, 0.2) is 40.8 Å². The third kappa shape index (κ3) is 4.22. The second kappa shape index (κ2) is 7.27.